The van der Waals surface area contributed by atoms with E-state index in [1.54, 1.807) is 26.4 Å². The molecule has 0 bridgehead atoms. The third kappa shape index (κ3) is 7.03. The van der Waals surface area contributed by atoms with Gasteiger partial charge in [-0.25, -0.2) is 0 Å². The molecule has 8 aromatic carbocycles. The number of phenols is 1. The van der Waals surface area contributed by atoms with Gasteiger partial charge < -0.3 is 14.6 Å². The van der Waals surface area contributed by atoms with Crippen molar-refractivity contribution >= 4 is 35.4 Å². The molecule has 0 fully saturated rings. The van der Waals surface area contributed by atoms with Crippen molar-refractivity contribution in [3.05, 3.63) is 180 Å². The van der Waals surface area contributed by atoms with E-state index in [0.29, 0.717) is 0 Å². The molecule has 0 heterocycles. The van der Waals surface area contributed by atoms with Crippen LogP contribution in [0.25, 0.3) is 54.9 Å². The molecule has 0 saturated carbocycles. The maximum Gasteiger partial charge on any atom is 0.135 e. The summed E-state index contributed by atoms with van der Waals surface area (Å²) < 4.78 is 13.0. The smallest absolute Gasteiger partial charge is 0.135 e. The molecule has 0 radical (unpaired) electrons. The summed E-state index contributed by atoms with van der Waals surface area (Å²) in [4.78, 5) is 0. The predicted octanol–water partition coefficient (Wildman–Crippen LogP) is 11.4. The molecule has 55 heavy (non-hydrogen) atoms. The molecule has 1 unspecified atom stereocenters. The number of methoxy groups -OCH3 is 2. The lowest BCUT2D eigenvalue weighted by Gasteiger charge is -2.23. The van der Waals surface area contributed by atoms with E-state index in [0.717, 1.165) is 97.3 Å². The third-order valence-corrected chi connectivity index (χ3v) is 10.7. The van der Waals surface area contributed by atoms with Crippen molar-refractivity contribution < 1.29 is 14.6 Å². The van der Waals surface area contributed by atoms with Gasteiger partial charge in [0.2, 0.25) is 0 Å². The summed E-state index contributed by atoms with van der Waals surface area (Å²) in [7, 11) is 4.23. The zero-order valence-corrected chi connectivity index (χ0v) is 31.8. The fraction of sp³-hybridized carbons (Fsp3) is 0.0588. The molecular formula is C51H37O3P. The Morgan fingerprint density at radius 1 is 0.455 bits per heavy atom. The highest BCUT2D eigenvalue weighted by Crippen LogP contribution is 2.52. The average molecular weight is 729 g/mol. The number of aromatic hydroxyl groups is 1. The second-order valence-electron chi connectivity index (χ2n) is 13.1. The normalized spacial score (nSPS) is 10.9. The van der Waals surface area contributed by atoms with Crippen LogP contribution in [0, 0.1) is 23.7 Å². The van der Waals surface area contributed by atoms with Gasteiger partial charge in [0.05, 0.1) is 14.2 Å². The summed E-state index contributed by atoms with van der Waals surface area (Å²) in [5, 5.41) is 15.3. The molecule has 0 aliphatic carbocycles. The van der Waals surface area contributed by atoms with Crippen molar-refractivity contribution in [2.45, 2.75) is 0 Å². The van der Waals surface area contributed by atoms with Gasteiger partial charge in [0.1, 0.15) is 17.2 Å². The number of ether oxygens (including phenoxy) is 2. The van der Waals surface area contributed by atoms with Crippen LogP contribution in [0.3, 0.4) is 0 Å². The first-order valence-corrected chi connectivity index (χ1v) is 19.6. The summed E-state index contributed by atoms with van der Waals surface area (Å²) in [5.74, 6) is 15.3. The summed E-state index contributed by atoms with van der Waals surface area (Å²) in [5.41, 5.74) is 9.24. The van der Waals surface area contributed by atoms with E-state index in [-0.39, 0.29) is 5.75 Å². The van der Waals surface area contributed by atoms with Crippen LogP contribution >= 0.6 is 8.58 Å². The largest absolute Gasteiger partial charge is 0.508 e. The standard InChI is InChI=1S/C51H37O3P/c1-53-50-46(42-16-8-4-12-36(42)26-20-34-22-28-40(52)29-23-34)32-38-14-6-10-18-44(38)48(50)49-45-19-11-7-15-39(45)33-47(51(49)54-2)43-17-9-5-13-37(43)27-21-35-24-30-41(55-3)31-25-35/h4-19,22-25,28-33,52,55H,1-3H3. The molecule has 0 amide bonds. The maximum absolute atomic E-state index is 9.80. The number of benzene rings is 8. The Balaban J connectivity index is 1.39. The van der Waals surface area contributed by atoms with Crippen molar-refractivity contribution in [2.24, 2.45) is 0 Å². The number of phenolic OH excluding ortho intramolecular Hbond substituents is 1. The van der Waals surface area contributed by atoms with Gasteiger partial charge in [-0.1, -0.05) is 129 Å². The summed E-state index contributed by atoms with van der Waals surface area (Å²) in [6, 6.07) is 53.1. The summed E-state index contributed by atoms with van der Waals surface area (Å²) in [6.45, 7) is 2.19. The average Bonchev–Trinajstić information content (AvgIpc) is 3.24. The van der Waals surface area contributed by atoms with Crippen LogP contribution in [0.4, 0.5) is 0 Å². The van der Waals surface area contributed by atoms with Crippen molar-refractivity contribution in [3.63, 3.8) is 0 Å². The summed E-state index contributed by atoms with van der Waals surface area (Å²) >= 11 is 0. The van der Waals surface area contributed by atoms with E-state index >= 15 is 0 Å². The van der Waals surface area contributed by atoms with Gasteiger partial charge in [0, 0.05) is 55.6 Å². The molecule has 4 heteroatoms. The lowest BCUT2D eigenvalue weighted by Crippen LogP contribution is -2.00. The Morgan fingerprint density at radius 2 is 0.873 bits per heavy atom. The van der Waals surface area contributed by atoms with Crippen LogP contribution in [0.2, 0.25) is 0 Å². The van der Waals surface area contributed by atoms with E-state index in [2.05, 4.69) is 140 Å². The van der Waals surface area contributed by atoms with Gasteiger partial charge in [-0.3, -0.25) is 0 Å². The molecule has 8 rings (SSSR count). The van der Waals surface area contributed by atoms with Crippen LogP contribution in [0.15, 0.2) is 158 Å². The van der Waals surface area contributed by atoms with E-state index < -0.39 is 0 Å². The van der Waals surface area contributed by atoms with Crippen LogP contribution < -0.4 is 14.8 Å². The number of hydrogen-bond acceptors (Lipinski definition) is 3. The van der Waals surface area contributed by atoms with Gasteiger partial charge in [-0.15, -0.1) is 0 Å². The Hall–Kier alpha value is -6.77. The topological polar surface area (TPSA) is 38.7 Å². The van der Waals surface area contributed by atoms with Gasteiger partial charge in [-0.05, 0) is 94.2 Å². The van der Waals surface area contributed by atoms with Crippen LogP contribution in [0.5, 0.6) is 17.2 Å². The second-order valence-corrected chi connectivity index (χ2v) is 14.1. The zero-order chi connectivity index (χ0) is 37.7. The molecule has 0 aliphatic rings. The van der Waals surface area contributed by atoms with Crippen molar-refractivity contribution in [3.8, 4) is 74.3 Å². The predicted molar refractivity (Wildman–Crippen MR) is 231 cm³/mol. The highest BCUT2D eigenvalue weighted by atomic mass is 31.1. The van der Waals surface area contributed by atoms with E-state index in [4.69, 9.17) is 9.47 Å². The first-order chi connectivity index (χ1) is 27.1. The summed E-state index contributed by atoms with van der Waals surface area (Å²) in [6.07, 6.45) is 0. The SMILES string of the molecule is COc1c(-c2ccccc2C#Cc2ccc(O)cc2)cc2ccccc2c1-c1c(OC)c(-c2ccccc2C#Cc2ccc(PC)cc2)cc2ccccc12. The van der Waals surface area contributed by atoms with E-state index in [1.807, 2.05) is 36.4 Å². The molecule has 0 saturated heterocycles. The molecular weight excluding hydrogens is 692 g/mol. The Kier molecular flexibility index (Phi) is 10.1. The van der Waals surface area contributed by atoms with Gasteiger partial charge in [0.15, 0.2) is 0 Å². The van der Waals surface area contributed by atoms with Gasteiger partial charge in [-0.2, -0.15) is 0 Å². The van der Waals surface area contributed by atoms with Crippen molar-refractivity contribution in [1.29, 1.82) is 0 Å². The minimum atomic E-state index is 0.209. The monoisotopic (exact) mass is 728 g/mol. The number of rotatable bonds is 6. The highest BCUT2D eigenvalue weighted by Gasteiger charge is 2.26. The molecule has 264 valence electrons. The first-order valence-electron chi connectivity index (χ1n) is 18.1. The van der Waals surface area contributed by atoms with Gasteiger partial charge >= 0.3 is 0 Å². The first kappa shape index (κ1) is 35.3. The minimum absolute atomic E-state index is 0.209. The number of hydrogen-bond donors (Lipinski definition) is 1. The van der Waals surface area contributed by atoms with Crippen LogP contribution in [0.1, 0.15) is 22.3 Å². The Bertz CT molecular complexity index is 2830. The second kappa shape index (κ2) is 15.7. The fourth-order valence-corrected chi connectivity index (χ4v) is 7.68. The third-order valence-electron chi connectivity index (χ3n) is 9.82. The lowest BCUT2D eigenvalue weighted by atomic mass is 9.85. The molecule has 0 aromatic heterocycles. The maximum atomic E-state index is 9.80. The Morgan fingerprint density at radius 3 is 1.33 bits per heavy atom. The Labute approximate surface area is 324 Å². The molecule has 0 spiro atoms. The molecule has 8 aromatic rings. The van der Waals surface area contributed by atoms with Crippen molar-refractivity contribution in [1.82, 2.24) is 0 Å². The highest BCUT2D eigenvalue weighted by molar-refractivity contribution is 7.46. The fourth-order valence-electron chi connectivity index (χ4n) is 7.18. The quantitative estimate of drug-likeness (QED) is 0.137. The number of fused-ring (bicyclic) bond motifs is 2. The molecule has 3 nitrogen and oxygen atoms in total. The zero-order valence-electron chi connectivity index (χ0n) is 30.8. The molecule has 0 aliphatic heterocycles. The van der Waals surface area contributed by atoms with E-state index in [1.165, 1.54) is 5.30 Å². The van der Waals surface area contributed by atoms with Crippen LogP contribution in [-0.4, -0.2) is 26.0 Å². The van der Waals surface area contributed by atoms with Crippen molar-refractivity contribution in [2.75, 3.05) is 20.9 Å². The van der Waals surface area contributed by atoms with Gasteiger partial charge in [0.25, 0.3) is 0 Å². The molecule has 1 N–H and O–H groups in total. The molecule has 1 atom stereocenters. The van der Waals surface area contributed by atoms with E-state index in [9.17, 15) is 5.11 Å². The lowest BCUT2D eigenvalue weighted by molar-refractivity contribution is 0.413. The van der Waals surface area contributed by atoms with Crippen LogP contribution in [-0.2, 0) is 0 Å². The minimum Gasteiger partial charge on any atom is -0.508 e.